The molecule has 1 amide bonds. The average molecular weight is 493 g/mol. The van der Waals surface area contributed by atoms with Gasteiger partial charge in [0.15, 0.2) is 0 Å². The van der Waals surface area contributed by atoms with E-state index in [0.717, 1.165) is 15.4 Å². The van der Waals surface area contributed by atoms with Gasteiger partial charge in [0.05, 0.1) is 17.7 Å². The lowest BCUT2D eigenvalue weighted by atomic mass is 10.2. The Kier molecular flexibility index (Phi) is 7.66. The summed E-state index contributed by atoms with van der Waals surface area (Å²) in [5.41, 5.74) is 1.91. The molecule has 0 radical (unpaired) electrons. The van der Waals surface area contributed by atoms with Gasteiger partial charge in [-0.25, -0.2) is 8.42 Å². The third-order valence-electron chi connectivity index (χ3n) is 4.71. The average Bonchev–Trinajstić information content (AvgIpc) is 2.77. The number of hydrogen-bond donors (Lipinski definition) is 1. The normalized spacial score (nSPS) is 11.1. The summed E-state index contributed by atoms with van der Waals surface area (Å²) in [6, 6.07) is 18.0. The van der Waals surface area contributed by atoms with Crippen molar-refractivity contribution in [2.45, 2.75) is 18.4 Å². The van der Waals surface area contributed by atoms with Crippen molar-refractivity contribution < 1.29 is 17.9 Å². The number of amides is 1. The largest absolute Gasteiger partial charge is 0.495 e. The first-order chi connectivity index (χ1) is 15.2. The summed E-state index contributed by atoms with van der Waals surface area (Å²) in [4.78, 5) is 12.8. The van der Waals surface area contributed by atoms with Gasteiger partial charge in [-0.2, -0.15) is 0 Å². The van der Waals surface area contributed by atoms with E-state index in [1.807, 2.05) is 6.92 Å². The van der Waals surface area contributed by atoms with Gasteiger partial charge in [-0.05, 0) is 55.0 Å². The Morgan fingerprint density at radius 2 is 1.59 bits per heavy atom. The molecule has 0 bridgehead atoms. The summed E-state index contributed by atoms with van der Waals surface area (Å²) in [5.74, 6) is -0.215. The van der Waals surface area contributed by atoms with E-state index in [1.165, 1.54) is 25.3 Å². The highest BCUT2D eigenvalue weighted by atomic mass is 35.5. The van der Waals surface area contributed by atoms with Gasteiger partial charge in [-0.1, -0.05) is 53.0 Å². The number of benzene rings is 3. The highest BCUT2D eigenvalue weighted by Crippen LogP contribution is 2.34. The Bertz CT molecular complexity index is 1200. The Morgan fingerprint density at radius 1 is 0.969 bits per heavy atom. The molecule has 9 heteroatoms. The van der Waals surface area contributed by atoms with E-state index in [2.05, 4.69) is 5.32 Å². The van der Waals surface area contributed by atoms with Crippen molar-refractivity contribution in [2.75, 3.05) is 18.0 Å². The second-order valence-electron chi connectivity index (χ2n) is 7.04. The van der Waals surface area contributed by atoms with Crippen molar-refractivity contribution >= 4 is 44.8 Å². The summed E-state index contributed by atoms with van der Waals surface area (Å²) < 4.78 is 33.4. The SMILES string of the molecule is COc1ccc(Cl)cc1N(CC(=O)NCc1ccc(Cl)cc1)S(=O)(=O)c1ccc(C)cc1. The van der Waals surface area contributed by atoms with Gasteiger partial charge in [-0.3, -0.25) is 9.10 Å². The van der Waals surface area contributed by atoms with Crippen LogP contribution in [0.25, 0.3) is 0 Å². The highest BCUT2D eigenvalue weighted by molar-refractivity contribution is 7.92. The fraction of sp³-hybridized carbons (Fsp3) is 0.174. The zero-order chi connectivity index (χ0) is 23.3. The molecule has 0 fully saturated rings. The number of anilines is 1. The van der Waals surface area contributed by atoms with Gasteiger partial charge in [-0.15, -0.1) is 0 Å². The standard InChI is InChI=1S/C23H22Cl2N2O4S/c1-16-3-10-20(11-4-16)32(29,30)27(21-13-19(25)9-12-22(21)31-2)15-23(28)26-14-17-5-7-18(24)8-6-17/h3-13H,14-15H2,1-2H3,(H,26,28). The van der Waals surface area contributed by atoms with Crippen LogP contribution in [0.2, 0.25) is 10.0 Å². The first-order valence-electron chi connectivity index (χ1n) is 9.65. The number of nitrogens with one attached hydrogen (secondary N) is 1. The number of rotatable bonds is 8. The molecule has 0 aliphatic rings. The van der Waals surface area contributed by atoms with Crippen LogP contribution < -0.4 is 14.4 Å². The molecule has 0 heterocycles. The number of halogens is 2. The molecule has 6 nitrogen and oxygen atoms in total. The van der Waals surface area contributed by atoms with Gasteiger partial charge >= 0.3 is 0 Å². The van der Waals surface area contributed by atoms with Crippen molar-refractivity contribution in [2.24, 2.45) is 0 Å². The van der Waals surface area contributed by atoms with E-state index in [-0.39, 0.29) is 22.9 Å². The van der Waals surface area contributed by atoms with E-state index in [0.29, 0.717) is 10.0 Å². The number of aryl methyl sites for hydroxylation is 1. The Labute approximate surface area is 197 Å². The topological polar surface area (TPSA) is 75.7 Å². The van der Waals surface area contributed by atoms with Crippen LogP contribution >= 0.6 is 23.2 Å². The minimum absolute atomic E-state index is 0.0515. The maximum absolute atomic E-state index is 13.5. The van der Waals surface area contributed by atoms with E-state index in [9.17, 15) is 13.2 Å². The van der Waals surface area contributed by atoms with Crippen molar-refractivity contribution in [1.82, 2.24) is 5.32 Å². The minimum Gasteiger partial charge on any atom is -0.495 e. The van der Waals surface area contributed by atoms with Crippen molar-refractivity contribution in [3.8, 4) is 5.75 Å². The van der Waals surface area contributed by atoms with E-state index < -0.39 is 22.5 Å². The molecule has 0 unspecified atom stereocenters. The van der Waals surface area contributed by atoms with E-state index >= 15 is 0 Å². The number of hydrogen-bond acceptors (Lipinski definition) is 4. The lowest BCUT2D eigenvalue weighted by Gasteiger charge is -2.26. The van der Waals surface area contributed by atoms with Crippen molar-refractivity contribution in [3.63, 3.8) is 0 Å². The van der Waals surface area contributed by atoms with Crippen LogP contribution in [-0.2, 0) is 21.4 Å². The molecule has 32 heavy (non-hydrogen) atoms. The van der Waals surface area contributed by atoms with Gasteiger partial charge in [0.2, 0.25) is 5.91 Å². The van der Waals surface area contributed by atoms with Crippen molar-refractivity contribution in [1.29, 1.82) is 0 Å². The monoisotopic (exact) mass is 492 g/mol. The minimum atomic E-state index is -4.09. The van der Waals surface area contributed by atoms with Crippen LogP contribution in [0.15, 0.2) is 71.6 Å². The van der Waals surface area contributed by atoms with Crippen LogP contribution in [-0.4, -0.2) is 28.0 Å². The first-order valence-corrected chi connectivity index (χ1v) is 11.8. The third-order valence-corrected chi connectivity index (χ3v) is 6.97. The fourth-order valence-electron chi connectivity index (χ4n) is 2.98. The number of carbonyl (C=O) groups is 1. The quantitative estimate of drug-likeness (QED) is 0.488. The Hall–Kier alpha value is -2.74. The number of carbonyl (C=O) groups excluding carboxylic acids is 1. The second-order valence-corrected chi connectivity index (χ2v) is 9.78. The molecule has 1 N–H and O–H groups in total. The molecule has 0 aliphatic heterocycles. The lowest BCUT2D eigenvalue weighted by Crippen LogP contribution is -2.40. The maximum Gasteiger partial charge on any atom is 0.264 e. The Morgan fingerprint density at radius 3 is 2.22 bits per heavy atom. The summed E-state index contributed by atoms with van der Waals surface area (Å²) >= 11 is 12.0. The molecular weight excluding hydrogens is 471 g/mol. The molecule has 0 aliphatic carbocycles. The number of ether oxygens (including phenoxy) is 1. The highest BCUT2D eigenvalue weighted by Gasteiger charge is 2.29. The zero-order valence-corrected chi connectivity index (χ0v) is 19.8. The summed E-state index contributed by atoms with van der Waals surface area (Å²) in [6.45, 7) is 1.62. The molecule has 168 valence electrons. The molecule has 0 saturated carbocycles. The van der Waals surface area contributed by atoms with Crippen molar-refractivity contribution in [3.05, 3.63) is 87.9 Å². The molecule has 0 saturated heterocycles. The van der Waals surface area contributed by atoms with E-state index in [1.54, 1.807) is 48.5 Å². The summed E-state index contributed by atoms with van der Waals surface area (Å²) in [5, 5.41) is 3.64. The van der Waals surface area contributed by atoms with Gasteiger partial charge < -0.3 is 10.1 Å². The van der Waals surface area contributed by atoms with Gasteiger partial charge in [0.1, 0.15) is 12.3 Å². The Balaban J connectivity index is 1.93. The smallest absolute Gasteiger partial charge is 0.264 e. The third kappa shape index (κ3) is 5.73. The predicted octanol–water partition coefficient (Wildman–Crippen LogP) is 4.82. The van der Waals surface area contributed by atoms with Crippen LogP contribution in [0.3, 0.4) is 0 Å². The summed E-state index contributed by atoms with van der Waals surface area (Å²) in [6.07, 6.45) is 0. The van der Waals surface area contributed by atoms with Gasteiger partial charge in [0.25, 0.3) is 10.0 Å². The van der Waals surface area contributed by atoms with E-state index in [4.69, 9.17) is 27.9 Å². The second kappa shape index (κ2) is 10.3. The molecule has 3 aromatic rings. The summed E-state index contributed by atoms with van der Waals surface area (Å²) in [7, 11) is -2.67. The first kappa shape index (κ1) is 23.9. The molecule has 0 aromatic heterocycles. The number of sulfonamides is 1. The zero-order valence-electron chi connectivity index (χ0n) is 17.5. The van der Waals surface area contributed by atoms with Gasteiger partial charge in [0, 0.05) is 16.6 Å². The number of nitrogens with zero attached hydrogens (tertiary/aromatic N) is 1. The molecule has 3 rings (SSSR count). The molecule has 3 aromatic carbocycles. The molecule has 0 atom stereocenters. The van der Waals surface area contributed by atoms with Crippen LogP contribution in [0, 0.1) is 6.92 Å². The number of methoxy groups -OCH3 is 1. The fourth-order valence-corrected chi connectivity index (χ4v) is 4.70. The maximum atomic E-state index is 13.5. The molecular formula is C23H22Cl2N2O4S. The predicted molar refractivity (Wildman–Crippen MR) is 127 cm³/mol. The van der Waals surface area contributed by atoms with Crippen LogP contribution in [0.1, 0.15) is 11.1 Å². The van der Waals surface area contributed by atoms with Crippen LogP contribution in [0.5, 0.6) is 5.75 Å². The lowest BCUT2D eigenvalue weighted by molar-refractivity contribution is -0.119. The molecule has 0 spiro atoms. The van der Waals surface area contributed by atoms with Crippen LogP contribution in [0.4, 0.5) is 5.69 Å².